The lowest BCUT2D eigenvalue weighted by molar-refractivity contribution is 0.107. The summed E-state index contributed by atoms with van der Waals surface area (Å²) >= 11 is 0. The molecular weight excluding hydrogens is 334 g/mol. The molecule has 0 bridgehead atoms. The Bertz CT molecular complexity index is 830. The maximum absolute atomic E-state index is 12.4. The molecule has 0 saturated heterocycles. The number of rotatable bonds is 4. The van der Waals surface area contributed by atoms with Gasteiger partial charge in [-0.05, 0) is 25.7 Å². The molecule has 1 saturated carbocycles. The van der Waals surface area contributed by atoms with Crippen LogP contribution in [0.5, 0.6) is 5.88 Å². The summed E-state index contributed by atoms with van der Waals surface area (Å²) in [5, 5.41) is 8.00. The minimum absolute atomic E-state index is 0.0261. The second-order valence-electron chi connectivity index (χ2n) is 6.77. The summed E-state index contributed by atoms with van der Waals surface area (Å²) < 4.78 is 12.2. The molecule has 0 spiro atoms. The van der Waals surface area contributed by atoms with E-state index in [0.717, 1.165) is 43.4 Å². The van der Waals surface area contributed by atoms with E-state index >= 15 is 0 Å². The van der Waals surface area contributed by atoms with Crippen LogP contribution in [0.1, 0.15) is 43.0 Å². The number of nitrogens with zero attached hydrogens (tertiary/aromatic N) is 4. The highest BCUT2D eigenvalue weighted by Crippen LogP contribution is 2.29. The third kappa shape index (κ3) is 3.55. The highest BCUT2D eigenvalue weighted by molar-refractivity contribution is 5.29. The Morgan fingerprint density at radius 3 is 2.96 bits per heavy atom. The summed E-state index contributed by atoms with van der Waals surface area (Å²) in [6, 6.07) is 3.86. The van der Waals surface area contributed by atoms with E-state index < -0.39 is 0 Å². The second-order valence-corrected chi connectivity index (χ2v) is 6.77. The average Bonchev–Trinajstić information content (AvgIpc) is 2.68. The number of anilines is 1. The lowest BCUT2D eigenvalue weighted by Gasteiger charge is -2.30. The quantitative estimate of drug-likeness (QED) is 0.890. The maximum Gasteiger partial charge on any atom is 0.267 e. The Balaban J connectivity index is 1.41. The molecule has 1 fully saturated rings. The summed E-state index contributed by atoms with van der Waals surface area (Å²) in [7, 11) is 1.59. The largest absolute Gasteiger partial charge is 0.481 e. The second kappa shape index (κ2) is 7.41. The van der Waals surface area contributed by atoms with E-state index in [1.807, 2.05) is 0 Å². The van der Waals surface area contributed by atoms with Gasteiger partial charge in [0.2, 0.25) is 11.8 Å². The van der Waals surface area contributed by atoms with E-state index in [4.69, 9.17) is 9.47 Å². The Labute approximate surface area is 151 Å². The van der Waals surface area contributed by atoms with Crippen LogP contribution >= 0.6 is 0 Å². The number of aromatic nitrogens is 4. The van der Waals surface area contributed by atoms with Gasteiger partial charge >= 0.3 is 0 Å². The Hall–Kier alpha value is -2.48. The molecule has 1 aliphatic heterocycles. The van der Waals surface area contributed by atoms with E-state index in [2.05, 4.69) is 20.4 Å². The highest BCUT2D eigenvalue weighted by atomic mass is 16.5. The van der Waals surface area contributed by atoms with Crippen molar-refractivity contribution in [3.8, 4) is 5.88 Å². The molecule has 26 heavy (non-hydrogen) atoms. The Kier molecular flexibility index (Phi) is 4.83. The molecular formula is C18H23N5O3. The third-order valence-corrected chi connectivity index (χ3v) is 5.08. The van der Waals surface area contributed by atoms with Gasteiger partial charge in [0.05, 0.1) is 32.1 Å². The van der Waals surface area contributed by atoms with Crippen molar-refractivity contribution in [3.05, 3.63) is 39.9 Å². The normalized spacial score (nSPS) is 22.5. The van der Waals surface area contributed by atoms with Crippen molar-refractivity contribution in [2.45, 2.75) is 50.8 Å². The molecule has 3 heterocycles. The van der Waals surface area contributed by atoms with E-state index in [1.165, 1.54) is 0 Å². The highest BCUT2D eigenvalue weighted by Gasteiger charge is 2.25. The van der Waals surface area contributed by atoms with Crippen LogP contribution in [0.3, 0.4) is 0 Å². The third-order valence-electron chi connectivity index (χ3n) is 5.08. The topological polar surface area (TPSA) is 91.2 Å². The van der Waals surface area contributed by atoms with Crippen LogP contribution in [0.4, 0.5) is 5.95 Å². The lowest BCUT2D eigenvalue weighted by atomic mass is 9.91. The van der Waals surface area contributed by atoms with Crippen molar-refractivity contribution < 1.29 is 9.47 Å². The van der Waals surface area contributed by atoms with Crippen molar-refractivity contribution in [1.82, 2.24) is 19.7 Å². The number of methoxy groups -OCH3 is 1. The summed E-state index contributed by atoms with van der Waals surface area (Å²) in [6.07, 6.45) is 6.16. The first-order chi connectivity index (χ1) is 12.7. The van der Waals surface area contributed by atoms with Crippen LogP contribution in [0.15, 0.2) is 23.1 Å². The molecule has 2 aromatic heterocycles. The Morgan fingerprint density at radius 2 is 2.15 bits per heavy atom. The van der Waals surface area contributed by atoms with Crippen molar-refractivity contribution in [2.24, 2.45) is 0 Å². The summed E-state index contributed by atoms with van der Waals surface area (Å²) in [6.45, 7) is 1.17. The van der Waals surface area contributed by atoms with Gasteiger partial charge in [-0.25, -0.2) is 9.67 Å². The van der Waals surface area contributed by atoms with Crippen LogP contribution in [0, 0.1) is 0 Å². The van der Waals surface area contributed by atoms with Gasteiger partial charge in [0.15, 0.2) is 0 Å². The first kappa shape index (κ1) is 17.0. The fourth-order valence-electron chi connectivity index (χ4n) is 3.66. The van der Waals surface area contributed by atoms with Crippen LogP contribution in [-0.4, -0.2) is 39.5 Å². The monoisotopic (exact) mass is 357 g/mol. The van der Waals surface area contributed by atoms with Crippen molar-refractivity contribution in [1.29, 1.82) is 0 Å². The van der Waals surface area contributed by atoms with Gasteiger partial charge in [0.25, 0.3) is 5.56 Å². The first-order valence-corrected chi connectivity index (χ1v) is 9.06. The summed E-state index contributed by atoms with van der Waals surface area (Å²) in [5.41, 5.74) is 1.91. The zero-order valence-electron chi connectivity index (χ0n) is 14.9. The zero-order valence-corrected chi connectivity index (χ0v) is 14.9. The predicted molar refractivity (Wildman–Crippen MR) is 95.4 cm³/mol. The molecule has 2 aromatic rings. The molecule has 1 aliphatic carbocycles. The number of fused-ring (bicyclic) bond motifs is 1. The molecule has 8 heteroatoms. The van der Waals surface area contributed by atoms with Crippen LogP contribution < -0.4 is 15.6 Å². The van der Waals surface area contributed by atoms with E-state index in [9.17, 15) is 4.79 Å². The van der Waals surface area contributed by atoms with Crippen molar-refractivity contribution in [3.63, 3.8) is 0 Å². The number of hydrogen-bond donors (Lipinski definition) is 1. The van der Waals surface area contributed by atoms with E-state index in [1.54, 1.807) is 30.1 Å². The first-order valence-electron chi connectivity index (χ1n) is 9.06. The molecule has 138 valence electrons. The van der Waals surface area contributed by atoms with Gasteiger partial charge in [-0.1, -0.05) is 0 Å². The number of nitrogens with one attached hydrogen (secondary N) is 1. The maximum atomic E-state index is 12.4. The minimum atomic E-state index is -0.0261. The van der Waals surface area contributed by atoms with Crippen LogP contribution in [0.2, 0.25) is 0 Å². The number of hydrogen-bond acceptors (Lipinski definition) is 7. The van der Waals surface area contributed by atoms with E-state index in [-0.39, 0.29) is 11.6 Å². The molecule has 0 amide bonds. The Morgan fingerprint density at radius 1 is 1.31 bits per heavy atom. The predicted octanol–water partition coefficient (Wildman–Crippen LogP) is 1.71. The zero-order chi connectivity index (χ0) is 17.9. The molecule has 0 atom stereocenters. The van der Waals surface area contributed by atoms with Gasteiger partial charge in [-0.2, -0.15) is 10.1 Å². The van der Waals surface area contributed by atoms with Gasteiger partial charge in [0, 0.05) is 36.4 Å². The lowest BCUT2D eigenvalue weighted by Crippen LogP contribution is -2.35. The van der Waals surface area contributed by atoms with Crippen molar-refractivity contribution >= 4 is 5.95 Å². The van der Waals surface area contributed by atoms with E-state index in [0.29, 0.717) is 31.1 Å². The van der Waals surface area contributed by atoms with Gasteiger partial charge in [-0.15, -0.1) is 0 Å². The van der Waals surface area contributed by atoms with Gasteiger partial charge in [0.1, 0.15) is 0 Å². The van der Waals surface area contributed by atoms with Gasteiger partial charge < -0.3 is 14.8 Å². The molecule has 0 radical (unpaired) electrons. The van der Waals surface area contributed by atoms with Gasteiger partial charge in [-0.3, -0.25) is 4.79 Å². The standard InChI is InChI=1S/C18H23N5O3/c1-25-16-6-8-19-18(21-16)20-13-2-4-14(5-3-13)23-17(24)10-12-11-26-9-7-15(12)22-23/h6,8,10,13-14H,2-5,7,9,11H2,1H3,(H,19,20,21). The SMILES string of the molecule is COc1ccnc(NC2CCC(n3nc4c(cc3=O)COCC4)CC2)n1. The number of ether oxygens (including phenoxy) is 2. The fraction of sp³-hybridized carbons (Fsp3) is 0.556. The minimum Gasteiger partial charge on any atom is -0.481 e. The summed E-state index contributed by atoms with van der Waals surface area (Å²) in [4.78, 5) is 21.0. The van der Waals surface area contributed by atoms with Crippen molar-refractivity contribution in [2.75, 3.05) is 19.0 Å². The summed E-state index contributed by atoms with van der Waals surface area (Å²) in [5.74, 6) is 1.13. The van der Waals surface area contributed by atoms with Crippen LogP contribution in [-0.2, 0) is 17.8 Å². The molecule has 2 aliphatic rings. The molecule has 0 unspecified atom stereocenters. The molecule has 1 N–H and O–H groups in total. The van der Waals surface area contributed by atoms with Crippen LogP contribution in [0.25, 0.3) is 0 Å². The molecule has 0 aromatic carbocycles. The molecule has 8 nitrogen and oxygen atoms in total. The molecule has 4 rings (SSSR count). The fourth-order valence-corrected chi connectivity index (χ4v) is 3.66. The average molecular weight is 357 g/mol. The smallest absolute Gasteiger partial charge is 0.267 e.